The van der Waals surface area contributed by atoms with E-state index in [9.17, 15) is 22.8 Å². The van der Waals surface area contributed by atoms with Gasteiger partial charge in [-0.25, -0.2) is 4.90 Å². The summed E-state index contributed by atoms with van der Waals surface area (Å²) in [6, 6.07) is 19.4. The first-order chi connectivity index (χ1) is 15.8. The van der Waals surface area contributed by atoms with E-state index in [2.05, 4.69) is 5.32 Å². The first-order valence-electron chi connectivity index (χ1n) is 10.1. The Bertz CT molecular complexity index is 1220. The zero-order valence-corrected chi connectivity index (χ0v) is 17.5. The number of nitrogens with one attached hydrogen (secondary N) is 1. The van der Waals surface area contributed by atoms with Crippen LogP contribution in [0.1, 0.15) is 18.1 Å². The summed E-state index contributed by atoms with van der Waals surface area (Å²) < 4.78 is 44.3. The molecule has 168 valence electrons. The van der Waals surface area contributed by atoms with Gasteiger partial charge in [-0.2, -0.15) is 13.2 Å². The molecule has 0 saturated heterocycles. The first kappa shape index (κ1) is 22.1. The summed E-state index contributed by atoms with van der Waals surface area (Å²) in [4.78, 5) is 27.5. The maximum atomic E-state index is 13.3. The van der Waals surface area contributed by atoms with Crippen LogP contribution >= 0.6 is 0 Å². The van der Waals surface area contributed by atoms with Gasteiger partial charge < -0.3 is 10.1 Å². The second-order valence-corrected chi connectivity index (χ2v) is 7.19. The smallest absolute Gasteiger partial charge is 0.416 e. The molecule has 1 heterocycles. The van der Waals surface area contributed by atoms with Crippen molar-refractivity contribution >= 4 is 28.8 Å². The van der Waals surface area contributed by atoms with E-state index in [1.54, 1.807) is 54.6 Å². The number of ether oxygens (including phenoxy) is 1. The van der Waals surface area contributed by atoms with E-state index >= 15 is 0 Å². The van der Waals surface area contributed by atoms with E-state index in [1.165, 1.54) is 0 Å². The highest BCUT2D eigenvalue weighted by Gasteiger charge is 2.40. The molecule has 0 atom stereocenters. The summed E-state index contributed by atoms with van der Waals surface area (Å²) in [5.41, 5.74) is 0.370. The molecular weight excluding hydrogens is 433 g/mol. The molecule has 4 rings (SSSR count). The van der Waals surface area contributed by atoms with Crippen LogP contribution in [0.15, 0.2) is 84.6 Å². The highest BCUT2D eigenvalue weighted by Crippen LogP contribution is 2.36. The Labute approximate surface area is 188 Å². The molecular formula is C25H19F3N2O3. The second kappa shape index (κ2) is 8.82. The molecule has 33 heavy (non-hydrogen) atoms. The number of carbonyl (C=O) groups excluding carboxylic acids is 2. The van der Waals surface area contributed by atoms with Crippen molar-refractivity contribution < 1.29 is 27.5 Å². The molecule has 0 unspecified atom stereocenters. The lowest BCUT2D eigenvalue weighted by atomic mass is 10.0. The van der Waals surface area contributed by atoms with Gasteiger partial charge in [0.15, 0.2) is 0 Å². The Morgan fingerprint density at radius 1 is 0.879 bits per heavy atom. The van der Waals surface area contributed by atoms with E-state index in [0.29, 0.717) is 23.6 Å². The molecule has 3 aromatic rings. The van der Waals surface area contributed by atoms with Gasteiger partial charge in [-0.15, -0.1) is 0 Å². The standard InChI is InChI=1S/C25H19F3N2O3/c1-2-33-20-10-6-9-18(15-20)29-22-21(16-7-4-3-5-8-16)23(31)30(24(22)32)19-13-11-17(12-14-19)25(26,27)28/h3-15,29H,2H2,1H3. The van der Waals surface area contributed by atoms with Crippen molar-refractivity contribution in [3.8, 4) is 5.75 Å². The lowest BCUT2D eigenvalue weighted by Crippen LogP contribution is -2.32. The third kappa shape index (κ3) is 4.45. The number of nitrogens with zero attached hydrogens (tertiary/aromatic N) is 1. The van der Waals surface area contributed by atoms with Gasteiger partial charge in [0.1, 0.15) is 11.4 Å². The Morgan fingerprint density at radius 2 is 1.58 bits per heavy atom. The fourth-order valence-corrected chi connectivity index (χ4v) is 3.53. The lowest BCUT2D eigenvalue weighted by molar-refractivity contribution is -0.137. The molecule has 0 radical (unpaired) electrons. The van der Waals surface area contributed by atoms with Crippen LogP contribution in [0.5, 0.6) is 5.75 Å². The van der Waals surface area contributed by atoms with Crippen LogP contribution in [-0.2, 0) is 15.8 Å². The second-order valence-electron chi connectivity index (χ2n) is 7.19. The Kier molecular flexibility index (Phi) is 5.91. The topological polar surface area (TPSA) is 58.6 Å². The molecule has 0 bridgehead atoms. The quantitative estimate of drug-likeness (QED) is 0.502. The summed E-state index contributed by atoms with van der Waals surface area (Å²) >= 11 is 0. The highest BCUT2D eigenvalue weighted by molar-refractivity contribution is 6.46. The molecule has 1 aliphatic rings. The fourth-order valence-electron chi connectivity index (χ4n) is 3.53. The van der Waals surface area contributed by atoms with Crippen molar-refractivity contribution in [1.29, 1.82) is 0 Å². The van der Waals surface area contributed by atoms with Gasteiger partial charge in [-0.3, -0.25) is 9.59 Å². The number of imide groups is 1. The number of anilines is 2. The van der Waals surface area contributed by atoms with Crippen molar-refractivity contribution in [2.24, 2.45) is 0 Å². The third-order valence-electron chi connectivity index (χ3n) is 5.01. The van der Waals surface area contributed by atoms with Gasteiger partial charge in [0.25, 0.3) is 11.8 Å². The fraction of sp³-hybridized carbons (Fsp3) is 0.120. The summed E-state index contributed by atoms with van der Waals surface area (Å²) in [6.45, 7) is 2.30. The Balaban J connectivity index is 1.75. The average molecular weight is 452 g/mol. The molecule has 0 spiro atoms. The zero-order valence-electron chi connectivity index (χ0n) is 17.5. The van der Waals surface area contributed by atoms with E-state index in [0.717, 1.165) is 29.2 Å². The predicted molar refractivity (Wildman–Crippen MR) is 119 cm³/mol. The SMILES string of the molecule is CCOc1cccc(NC2=C(c3ccccc3)C(=O)N(c3ccc(C(F)(F)F)cc3)C2=O)c1. The first-order valence-corrected chi connectivity index (χ1v) is 10.1. The van der Waals surface area contributed by atoms with E-state index < -0.39 is 23.6 Å². The monoisotopic (exact) mass is 452 g/mol. The molecule has 3 aromatic carbocycles. The molecule has 0 saturated carbocycles. The maximum absolute atomic E-state index is 13.3. The number of carbonyl (C=O) groups is 2. The molecule has 0 fully saturated rings. The summed E-state index contributed by atoms with van der Waals surface area (Å²) in [6.07, 6.45) is -4.52. The number of amides is 2. The van der Waals surface area contributed by atoms with Gasteiger partial charge >= 0.3 is 6.18 Å². The zero-order chi connectivity index (χ0) is 23.6. The van der Waals surface area contributed by atoms with Crippen LogP contribution < -0.4 is 15.0 Å². The van der Waals surface area contributed by atoms with Crippen LogP contribution in [0, 0.1) is 0 Å². The average Bonchev–Trinajstić information content (AvgIpc) is 3.03. The molecule has 2 amide bonds. The Hall–Kier alpha value is -4.07. The van der Waals surface area contributed by atoms with Gasteiger partial charge in [0.2, 0.25) is 0 Å². The number of hydrogen-bond donors (Lipinski definition) is 1. The number of hydrogen-bond acceptors (Lipinski definition) is 4. The van der Waals surface area contributed by atoms with E-state index in [4.69, 9.17) is 4.74 Å². The summed E-state index contributed by atoms with van der Waals surface area (Å²) in [7, 11) is 0. The number of benzene rings is 3. The molecule has 0 aliphatic carbocycles. The van der Waals surface area contributed by atoms with Gasteiger partial charge in [0, 0.05) is 11.8 Å². The minimum Gasteiger partial charge on any atom is -0.494 e. The summed E-state index contributed by atoms with van der Waals surface area (Å²) in [5, 5.41) is 3.01. The van der Waals surface area contributed by atoms with E-state index in [1.807, 2.05) is 6.92 Å². The molecule has 8 heteroatoms. The molecule has 5 nitrogen and oxygen atoms in total. The van der Waals surface area contributed by atoms with Crippen molar-refractivity contribution in [3.05, 3.63) is 95.7 Å². The Morgan fingerprint density at radius 3 is 2.21 bits per heavy atom. The number of halogens is 3. The van der Waals surface area contributed by atoms with Crippen LogP contribution in [0.25, 0.3) is 5.57 Å². The predicted octanol–water partition coefficient (Wildman–Crippen LogP) is 5.50. The minimum atomic E-state index is -4.52. The summed E-state index contributed by atoms with van der Waals surface area (Å²) in [5.74, 6) is -0.712. The van der Waals surface area contributed by atoms with Gasteiger partial charge in [0.05, 0.1) is 23.4 Å². The van der Waals surface area contributed by atoms with Crippen LogP contribution in [0.4, 0.5) is 24.5 Å². The number of rotatable bonds is 6. The normalized spacial score (nSPS) is 14.1. The lowest BCUT2D eigenvalue weighted by Gasteiger charge is -2.16. The van der Waals surface area contributed by atoms with Gasteiger partial charge in [-0.05, 0) is 48.9 Å². The highest BCUT2D eigenvalue weighted by atomic mass is 19.4. The maximum Gasteiger partial charge on any atom is 0.416 e. The van der Waals surface area contributed by atoms with Crippen molar-refractivity contribution in [3.63, 3.8) is 0 Å². The van der Waals surface area contributed by atoms with Crippen LogP contribution in [0.2, 0.25) is 0 Å². The number of alkyl halides is 3. The van der Waals surface area contributed by atoms with Crippen molar-refractivity contribution in [2.75, 3.05) is 16.8 Å². The van der Waals surface area contributed by atoms with Crippen molar-refractivity contribution in [2.45, 2.75) is 13.1 Å². The molecule has 1 N–H and O–H groups in total. The van der Waals surface area contributed by atoms with Crippen molar-refractivity contribution in [1.82, 2.24) is 0 Å². The van der Waals surface area contributed by atoms with Gasteiger partial charge in [-0.1, -0.05) is 36.4 Å². The minimum absolute atomic E-state index is 0.0275. The third-order valence-corrected chi connectivity index (χ3v) is 5.01. The van der Waals surface area contributed by atoms with E-state index in [-0.39, 0.29) is 17.0 Å². The van der Waals surface area contributed by atoms with Crippen LogP contribution in [-0.4, -0.2) is 18.4 Å². The van der Waals surface area contributed by atoms with Crippen LogP contribution in [0.3, 0.4) is 0 Å². The largest absolute Gasteiger partial charge is 0.494 e. The molecule has 1 aliphatic heterocycles. The molecule has 0 aromatic heterocycles.